The zero-order valence-corrected chi connectivity index (χ0v) is 11.9. The summed E-state index contributed by atoms with van der Waals surface area (Å²) in [6.07, 6.45) is 3.68. The number of aliphatic hydroxyl groups is 1. The number of hydrogen-bond donors (Lipinski definition) is 1. The molecule has 0 amide bonds. The third-order valence-electron chi connectivity index (χ3n) is 4.75. The van der Waals surface area contributed by atoms with Crippen LogP contribution in [-0.4, -0.2) is 29.3 Å². The molecule has 0 bridgehead atoms. The van der Waals surface area contributed by atoms with Gasteiger partial charge in [0, 0.05) is 35.4 Å². The molecule has 2 fully saturated rings. The Morgan fingerprint density at radius 2 is 1.90 bits per heavy atom. The van der Waals surface area contributed by atoms with Crippen molar-refractivity contribution in [3.63, 3.8) is 0 Å². The summed E-state index contributed by atoms with van der Waals surface area (Å²) in [4.78, 5) is 6.85. The van der Waals surface area contributed by atoms with E-state index < -0.39 is 0 Å². The van der Waals surface area contributed by atoms with Crippen molar-refractivity contribution in [2.24, 2.45) is 11.8 Å². The van der Waals surface area contributed by atoms with Gasteiger partial charge in [-0.3, -0.25) is 4.98 Å². The second-order valence-corrected chi connectivity index (χ2v) is 6.48. The van der Waals surface area contributed by atoms with Crippen molar-refractivity contribution >= 4 is 28.2 Å². The lowest BCUT2D eigenvalue weighted by Gasteiger charge is -2.22. The first-order valence-corrected chi connectivity index (χ1v) is 7.56. The molecule has 3 atom stereocenters. The maximum atomic E-state index is 9.75. The number of rotatable bonds is 1. The number of aromatic nitrogens is 1. The summed E-state index contributed by atoms with van der Waals surface area (Å²) >= 11 is 6.13. The summed E-state index contributed by atoms with van der Waals surface area (Å²) in [5.74, 6) is 1.26. The molecule has 20 heavy (non-hydrogen) atoms. The van der Waals surface area contributed by atoms with E-state index in [2.05, 4.69) is 16.0 Å². The van der Waals surface area contributed by atoms with Gasteiger partial charge in [-0.25, -0.2) is 0 Å². The molecular formula is C16H17ClN2O. The number of benzene rings is 1. The van der Waals surface area contributed by atoms with Gasteiger partial charge in [-0.1, -0.05) is 11.6 Å². The zero-order chi connectivity index (χ0) is 13.7. The molecule has 2 aromatic rings. The van der Waals surface area contributed by atoms with Crippen LogP contribution >= 0.6 is 11.6 Å². The predicted octanol–water partition coefficient (Wildman–Crippen LogP) is 3.10. The molecular weight excluding hydrogens is 272 g/mol. The van der Waals surface area contributed by atoms with Crippen LogP contribution in [-0.2, 0) is 0 Å². The largest absolute Gasteiger partial charge is 0.393 e. The topological polar surface area (TPSA) is 36.4 Å². The molecule has 1 aliphatic heterocycles. The monoisotopic (exact) mass is 288 g/mol. The number of anilines is 1. The van der Waals surface area contributed by atoms with Crippen molar-refractivity contribution in [2.75, 3.05) is 18.0 Å². The summed E-state index contributed by atoms with van der Waals surface area (Å²) in [5.41, 5.74) is 2.21. The minimum absolute atomic E-state index is 0.0872. The third kappa shape index (κ3) is 1.97. The van der Waals surface area contributed by atoms with Crippen molar-refractivity contribution in [2.45, 2.75) is 18.9 Å². The lowest BCUT2D eigenvalue weighted by Crippen LogP contribution is -2.22. The summed E-state index contributed by atoms with van der Waals surface area (Å²) in [7, 11) is 0. The number of pyridine rings is 1. The van der Waals surface area contributed by atoms with Crippen molar-refractivity contribution in [3.8, 4) is 0 Å². The molecule has 0 radical (unpaired) electrons. The van der Waals surface area contributed by atoms with Gasteiger partial charge in [0.15, 0.2) is 0 Å². The SMILES string of the molecule is OC1C[C@@H]2CN(c3ccnc4ccc(Cl)cc34)C[C@@H]2C1. The number of nitrogens with zero attached hydrogens (tertiary/aromatic N) is 2. The number of fused-ring (bicyclic) bond motifs is 2. The molecule has 1 saturated carbocycles. The van der Waals surface area contributed by atoms with E-state index in [1.165, 1.54) is 5.69 Å². The molecule has 2 aliphatic rings. The second kappa shape index (κ2) is 4.61. The van der Waals surface area contributed by atoms with Gasteiger partial charge in [0.25, 0.3) is 0 Å². The lowest BCUT2D eigenvalue weighted by molar-refractivity contribution is 0.174. The normalized spacial score (nSPS) is 29.1. The molecule has 1 unspecified atom stereocenters. The van der Waals surface area contributed by atoms with Gasteiger partial charge in [-0.2, -0.15) is 0 Å². The number of hydrogen-bond acceptors (Lipinski definition) is 3. The average Bonchev–Trinajstić information content (AvgIpc) is 2.95. The lowest BCUT2D eigenvalue weighted by atomic mass is 10.0. The maximum absolute atomic E-state index is 9.75. The van der Waals surface area contributed by atoms with Crippen molar-refractivity contribution < 1.29 is 5.11 Å². The first kappa shape index (κ1) is 12.4. The summed E-state index contributed by atoms with van der Waals surface area (Å²) < 4.78 is 0. The van der Waals surface area contributed by atoms with E-state index in [1.54, 1.807) is 0 Å². The Morgan fingerprint density at radius 3 is 2.65 bits per heavy atom. The van der Waals surface area contributed by atoms with E-state index in [0.717, 1.165) is 41.9 Å². The molecule has 1 aliphatic carbocycles. The number of aliphatic hydroxyl groups excluding tert-OH is 1. The van der Waals surface area contributed by atoms with Crippen LogP contribution in [0.4, 0.5) is 5.69 Å². The minimum Gasteiger partial charge on any atom is -0.393 e. The fraction of sp³-hybridized carbons (Fsp3) is 0.438. The zero-order valence-electron chi connectivity index (χ0n) is 11.2. The van der Waals surface area contributed by atoms with Crippen LogP contribution in [0.15, 0.2) is 30.5 Å². The Hall–Kier alpha value is -1.32. The van der Waals surface area contributed by atoms with Crippen LogP contribution in [0.3, 0.4) is 0 Å². The van der Waals surface area contributed by atoms with Crippen LogP contribution in [0.25, 0.3) is 10.9 Å². The van der Waals surface area contributed by atoms with Gasteiger partial charge in [0.1, 0.15) is 0 Å². The number of halogens is 1. The highest BCUT2D eigenvalue weighted by Gasteiger charge is 2.40. The Morgan fingerprint density at radius 1 is 1.15 bits per heavy atom. The van der Waals surface area contributed by atoms with Gasteiger partial charge >= 0.3 is 0 Å². The second-order valence-electron chi connectivity index (χ2n) is 6.04. The van der Waals surface area contributed by atoms with Crippen molar-refractivity contribution in [3.05, 3.63) is 35.5 Å². The van der Waals surface area contributed by atoms with Crippen LogP contribution in [0.2, 0.25) is 5.02 Å². The van der Waals surface area contributed by atoms with Gasteiger partial charge in [-0.15, -0.1) is 0 Å². The summed E-state index contributed by atoms with van der Waals surface area (Å²) in [6.45, 7) is 2.07. The first-order chi connectivity index (χ1) is 9.70. The van der Waals surface area contributed by atoms with E-state index in [-0.39, 0.29) is 6.10 Å². The van der Waals surface area contributed by atoms with Gasteiger partial charge in [0.2, 0.25) is 0 Å². The van der Waals surface area contributed by atoms with Crippen LogP contribution in [0.1, 0.15) is 12.8 Å². The highest BCUT2D eigenvalue weighted by Crippen LogP contribution is 2.41. The van der Waals surface area contributed by atoms with Gasteiger partial charge in [-0.05, 0) is 48.9 Å². The molecule has 1 saturated heterocycles. The maximum Gasteiger partial charge on any atom is 0.0723 e. The molecule has 4 heteroatoms. The summed E-state index contributed by atoms with van der Waals surface area (Å²) in [6, 6.07) is 7.94. The molecule has 1 aromatic carbocycles. The van der Waals surface area contributed by atoms with Crippen LogP contribution < -0.4 is 4.90 Å². The quantitative estimate of drug-likeness (QED) is 0.876. The highest BCUT2D eigenvalue weighted by molar-refractivity contribution is 6.31. The van der Waals surface area contributed by atoms with E-state index in [0.29, 0.717) is 11.8 Å². The van der Waals surface area contributed by atoms with E-state index in [1.807, 2.05) is 24.4 Å². The van der Waals surface area contributed by atoms with Gasteiger partial charge in [0.05, 0.1) is 11.6 Å². The van der Waals surface area contributed by atoms with Crippen molar-refractivity contribution in [1.29, 1.82) is 0 Å². The predicted molar refractivity (Wildman–Crippen MR) is 81.2 cm³/mol. The Labute approximate surface area is 123 Å². The van der Waals surface area contributed by atoms with E-state index >= 15 is 0 Å². The summed E-state index contributed by atoms with van der Waals surface area (Å²) in [5, 5.41) is 11.6. The fourth-order valence-electron chi connectivity index (χ4n) is 3.84. The Kier molecular flexibility index (Phi) is 2.86. The fourth-order valence-corrected chi connectivity index (χ4v) is 4.02. The van der Waals surface area contributed by atoms with Crippen LogP contribution in [0.5, 0.6) is 0 Å². The minimum atomic E-state index is -0.0872. The molecule has 1 N–H and O–H groups in total. The smallest absolute Gasteiger partial charge is 0.0723 e. The molecule has 3 nitrogen and oxygen atoms in total. The Balaban J connectivity index is 1.71. The van der Waals surface area contributed by atoms with Gasteiger partial charge < -0.3 is 10.0 Å². The third-order valence-corrected chi connectivity index (χ3v) is 4.98. The molecule has 2 heterocycles. The van der Waals surface area contributed by atoms with E-state index in [9.17, 15) is 5.11 Å². The van der Waals surface area contributed by atoms with E-state index in [4.69, 9.17) is 11.6 Å². The van der Waals surface area contributed by atoms with Crippen molar-refractivity contribution in [1.82, 2.24) is 4.98 Å². The molecule has 1 aromatic heterocycles. The molecule has 4 rings (SSSR count). The Bertz CT molecular complexity index is 646. The molecule has 104 valence electrons. The standard InChI is InChI=1S/C16H17ClN2O/c17-12-1-2-15-14(7-12)16(3-4-18-15)19-8-10-5-13(20)6-11(10)9-19/h1-4,7,10-11,13,20H,5-6,8-9H2/t10-,11+,13?. The van der Waals surface area contributed by atoms with Crippen LogP contribution in [0, 0.1) is 11.8 Å². The average molecular weight is 289 g/mol. The molecule has 0 spiro atoms. The highest BCUT2D eigenvalue weighted by atomic mass is 35.5. The first-order valence-electron chi connectivity index (χ1n) is 7.18.